The third-order valence-electron chi connectivity index (χ3n) is 4.02. The van der Waals surface area contributed by atoms with Gasteiger partial charge >= 0.3 is 0 Å². The van der Waals surface area contributed by atoms with Crippen LogP contribution < -0.4 is 19.5 Å². The highest BCUT2D eigenvalue weighted by atomic mass is 35.5. The minimum absolute atomic E-state index is 0.122. The molecular formula is C21H18Cl2N2O5S. The first-order chi connectivity index (χ1) is 14.8. The Bertz CT molecular complexity index is 1170. The number of methoxy groups -OCH3 is 1. The zero-order valence-corrected chi connectivity index (χ0v) is 18.6. The maximum atomic E-state index is 12.9. The molecule has 7 nitrogen and oxygen atoms in total. The van der Waals surface area contributed by atoms with Crippen molar-refractivity contribution in [2.75, 3.05) is 23.8 Å². The van der Waals surface area contributed by atoms with E-state index >= 15 is 0 Å². The highest BCUT2D eigenvalue weighted by molar-refractivity contribution is 7.92. The third-order valence-corrected chi connectivity index (χ3v) is 5.92. The Hall–Kier alpha value is -2.94. The van der Waals surface area contributed by atoms with Gasteiger partial charge in [-0.1, -0.05) is 23.2 Å². The fourth-order valence-electron chi connectivity index (χ4n) is 2.57. The maximum absolute atomic E-state index is 12.9. The number of carbonyl (C=O) groups is 1. The van der Waals surface area contributed by atoms with Crippen molar-refractivity contribution in [2.45, 2.75) is 4.90 Å². The van der Waals surface area contributed by atoms with Crippen LogP contribution in [-0.2, 0) is 14.8 Å². The Labute approximate surface area is 189 Å². The van der Waals surface area contributed by atoms with Crippen molar-refractivity contribution in [3.8, 4) is 11.5 Å². The normalized spacial score (nSPS) is 10.9. The zero-order valence-electron chi connectivity index (χ0n) is 16.3. The molecule has 1 amide bonds. The number of nitrogens with one attached hydrogen (secondary N) is 2. The van der Waals surface area contributed by atoms with Crippen LogP contribution in [-0.4, -0.2) is 28.0 Å². The van der Waals surface area contributed by atoms with Crippen LogP contribution in [0, 0.1) is 0 Å². The van der Waals surface area contributed by atoms with Gasteiger partial charge in [-0.2, -0.15) is 0 Å². The topological polar surface area (TPSA) is 93.7 Å². The van der Waals surface area contributed by atoms with E-state index in [-0.39, 0.29) is 22.9 Å². The fourth-order valence-corrected chi connectivity index (χ4v) is 4.08. The second-order valence-electron chi connectivity index (χ2n) is 6.27. The minimum atomic E-state index is -4.00. The van der Waals surface area contributed by atoms with Crippen LogP contribution in [0.5, 0.6) is 11.5 Å². The molecule has 0 aliphatic heterocycles. The van der Waals surface area contributed by atoms with Crippen LogP contribution in [0.25, 0.3) is 0 Å². The predicted molar refractivity (Wildman–Crippen MR) is 121 cm³/mol. The molecule has 2 N–H and O–H groups in total. The van der Waals surface area contributed by atoms with Gasteiger partial charge in [-0.25, -0.2) is 8.42 Å². The number of hydrogen-bond donors (Lipinski definition) is 2. The van der Waals surface area contributed by atoms with Crippen molar-refractivity contribution in [1.29, 1.82) is 0 Å². The van der Waals surface area contributed by atoms with Gasteiger partial charge in [0.15, 0.2) is 6.61 Å². The van der Waals surface area contributed by atoms with Gasteiger partial charge in [0.1, 0.15) is 16.4 Å². The average molecular weight is 481 g/mol. The summed E-state index contributed by atoms with van der Waals surface area (Å²) in [6.07, 6.45) is 0. The van der Waals surface area contributed by atoms with Crippen LogP contribution in [0.4, 0.5) is 11.4 Å². The minimum Gasteiger partial charge on any atom is -0.495 e. The van der Waals surface area contributed by atoms with E-state index in [0.29, 0.717) is 21.5 Å². The van der Waals surface area contributed by atoms with E-state index < -0.39 is 15.9 Å². The summed E-state index contributed by atoms with van der Waals surface area (Å²) in [7, 11) is -2.64. The SMILES string of the molecule is COc1ccc(NC(=O)COc2ccc(Cl)cc2)cc1S(=O)(=O)Nc1ccc(Cl)cc1. The molecular weight excluding hydrogens is 463 g/mol. The number of ether oxygens (including phenoxy) is 2. The van der Waals surface area contributed by atoms with Gasteiger partial charge in [-0.05, 0) is 66.7 Å². The molecule has 0 saturated carbocycles. The van der Waals surface area contributed by atoms with Crippen molar-refractivity contribution >= 4 is 50.5 Å². The molecule has 0 bridgehead atoms. The van der Waals surface area contributed by atoms with Gasteiger partial charge in [-0.3, -0.25) is 9.52 Å². The number of anilines is 2. The van der Waals surface area contributed by atoms with Crippen molar-refractivity contribution in [3.05, 3.63) is 76.8 Å². The number of halogens is 2. The molecule has 0 heterocycles. The summed E-state index contributed by atoms with van der Waals surface area (Å²) in [4.78, 5) is 12.1. The van der Waals surface area contributed by atoms with Crippen LogP contribution in [0.2, 0.25) is 10.0 Å². The summed E-state index contributed by atoms with van der Waals surface area (Å²) in [6, 6.07) is 17.0. The number of rotatable bonds is 8. The predicted octanol–water partition coefficient (Wildman–Crippen LogP) is 4.82. The second kappa shape index (κ2) is 9.91. The van der Waals surface area contributed by atoms with E-state index in [1.165, 1.54) is 37.4 Å². The molecule has 0 aliphatic rings. The molecule has 0 unspecified atom stereocenters. The van der Waals surface area contributed by atoms with Crippen LogP contribution in [0.1, 0.15) is 0 Å². The number of carbonyl (C=O) groups excluding carboxylic acids is 1. The standard InChI is InChI=1S/C21H18Cl2N2O5S/c1-29-19-11-8-17(24-21(26)13-30-18-9-4-15(23)5-10-18)12-20(19)31(27,28)25-16-6-2-14(22)3-7-16/h2-12,25H,13H2,1H3,(H,24,26). The Morgan fingerprint density at radius 1 is 0.903 bits per heavy atom. The molecule has 0 atom stereocenters. The monoisotopic (exact) mass is 480 g/mol. The molecule has 0 spiro atoms. The smallest absolute Gasteiger partial charge is 0.265 e. The fraction of sp³-hybridized carbons (Fsp3) is 0.0952. The lowest BCUT2D eigenvalue weighted by Gasteiger charge is -2.14. The van der Waals surface area contributed by atoms with Gasteiger partial charge < -0.3 is 14.8 Å². The Morgan fingerprint density at radius 2 is 1.48 bits per heavy atom. The summed E-state index contributed by atoms with van der Waals surface area (Å²) in [5, 5.41) is 3.63. The molecule has 31 heavy (non-hydrogen) atoms. The lowest BCUT2D eigenvalue weighted by atomic mass is 10.3. The molecule has 0 aliphatic carbocycles. The molecule has 3 aromatic carbocycles. The lowest BCUT2D eigenvalue weighted by Crippen LogP contribution is -2.21. The van der Waals surface area contributed by atoms with Crippen molar-refractivity contribution in [3.63, 3.8) is 0 Å². The summed E-state index contributed by atoms with van der Waals surface area (Å²) >= 11 is 11.6. The van der Waals surface area contributed by atoms with E-state index in [0.717, 1.165) is 0 Å². The van der Waals surface area contributed by atoms with E-state index in [1.807, 2.05) is 0 Å². The van der Waals surface area contributed by atoms with E-state index in [1.54, 1.807) is 36.4 Å². The molecule has 10 heteroatoms. The third kappa shape index (κ3) is 6.27. The van der Waals surface area contributed by atoms with E-state index in [9.17, 15) is 13.2 Å². The number of benzene rings is 3. The van der Waals surface area contributed by atoms with Gasteiger partial charge in [0.2, 0.25) is 0 Å². The van der Waals surface area contributed by atoms with Crippen molar-refractivity contribution in [1.82, 2.24) is 0 Å². The summed E-state index contributed by atoms with van der Waals surface area (Å²) in [6.45, 7) is -0.265. The summed E-state index contributed by atoms with van der Waals surface area (Å²) < 4.78 is 38.8. The Kier molecular flexibility index (Phi) is 7.27. The quantitative estimate of drug-likeness (QED) is 0.481. The van der Waals surface area contributed by atoms with Gasteiger partial charge in [-0.15, -0.1) is 0 Å². The molecule has 162 valence electrons. The van der Waals surface area contributed by atoms with Gasteiger partial charge in [0.05, 0.1) is 7.11 Å². The lowest BCUT2D eigenvalue weighted by molar-refractivity contribution is -0.118. The zero-order chi connectivity index (χ0) is 22.4. The molecule has 0 fully saturated rings. The molecule has 3 aromatic rings. The maximum Gasteiger partial charge on any atom is 0.265 e. The summed E-state index contributed by atoms with van der Waals surface area (Å²) in [5.74, 6) is 0.135. The van der Waals surface area contributed by atoms with Gasteiger partial charge in [0.25, 0.3) is 15.9 Å². The Morgan fingerprint density at radius 3 is 2.10 bits per heavy atom. The Balaban J connectivity index is 1.73. The van der Waals surface area contributed by atoms with Crippen molar-refractivity contribution in [2.24, 2.45) is 0 Å². The second-order valence-corrected chi connectivity index (χ2v) is 8.79. The van der Waals surface area contributed by atoms with Crippen LogP contribution in [0.3, 0.4) is 0 Å². The average Bonchev–Trinajstić information content (AvgIpc) is 2.75. The highest BCUT2D eigenvalue weighted by Crippen LogP contribution is 2.29. The first-order valence-electron chi connectivity index (χ1n) is 8.91. The highest BCUT2D eigenvalue weighted by Gasteiger charge is 2.21. The molecule has 0 saturated heterocycles. The summed E-state index contributed by atoms with van der Waals surface area (Å²) in [5.41, 5.74) is 0.597. The first-order valence-corrected chi connectivity index (χ1v) is 11.2. The van der Waals surface area contributed by atoms with Crippen molar-refractivity contribution < 1.29 is 22.7 Å². The molecule has 0 aromatic heterocycles. The number of sulfonamides is 1. The van der Waals surface area contributed by atoms with E-state index in [4.69, 9.17) is 32.7 Å². The van der Waals surface area contributed by atoms with Crippen LogP contribution >= 0.6 is 23.2 Å². The first kappa shape index (κ1) is 22.7. The van der Waals surface area contributed by atoms with Crippen LogP contribution in [0.15, 0.2) is 71.6 Å². The van der Waals surface area contributed by atoms with E-state index in [2.05, 4.69) is 10.0 Å². The molecule has 3 rings (SSSR count). The number of hydrogen-bond acceptors (Lipinski definition) is 5. The molecule has 0 radical (unpaired) electrons. The largest absolute Gasteiger partial charge is 0.495 e. The number of amides is 1. The van der Waals surface area contributed by atoms with Gasteiger partial charge in [0, 0.05) is 21.4 Å².